The Balaban J connectivity index is 1.79. The molecule has 0 atom stereocenters. The number of aromatic nitrogens is 1. The van der Waals surface area contributed by atoms with E-state index in [0.29, 0.717) is 0 Å². The fourth-order valence-electron chi connectivity index (χ4n) is 3.06. The Morgan fingerprint density at radius 3 is 2.42 bits per heavy atom. The summed E-state index contributed by atoms with van der Waals surface area (Å²) in [5.41, 5.74) is 3.84. The molecule has 4 rings (SSSR count). The van der Waals surface area contributed by atoms with Crippen LogP contribution in [0.5, 0.6) is 0 Å². The van der Waals surface area contributed by atoms with Crippen LogP contribution in [0.25, 0.3) is 21.8 Å². The van der Waals surface area contributed by atoms with Crippen molar-refractivity contribution < 1.29 is 9.53 Å². The van der Waals surface area contributed by atoms with E-state index in [1.54, 1.807) is 4.57 Å². The number of ether oxygens (including phenoxy) is 1. The first-order chi connectivity index (χ1) is 11.7. The first-order valence-corrected chi connectivity index (χ1v) is 7.95. The third kappa shape index (κ3) is 2.44. The highest BCUT2D eigenvalue weighted by atomic mass is 16.5. The molecule has 0 unspecified atom stereocenters. The molecule has 3 nitrogen and oxygen atoms in total. The van der Waals surface area contributed by atoms with Gasteiger partial charge >= 0.3 is 6.09 Å². The molecule has 24 heavy (non-hydrogen) atoms. The summed E-state index contributed by atoms with van der Waals surface area (Å²) in [5.74, 6) is 0. The number of hydrogen-bond donors (Lipinski definition) is 0. The molecular weight excluding hydrogens is 298 g/mol. The average Bonchev–Trinajstić information content (AvgIpc) is 2.94. The summed E-state index contributed by atoms with van der Waals surface area (Å²) in [6.45, 7) is 2.29. The Morgan fingerprint density at radius 1 is 0.875 bits per heavy atom. The highest BCUT2D eigenvalue weighted by molar-refractivity contribution is 6.12. The Labute approximate surface area is 140 Å². The molecule has 3 aromatic carbocycles. The molecule has 0 aliphatic rings. The summed E-state index contributed by atoms with van der Waals surface area (Å²) < 4.78 is 7.22. The smallest absolute Gasteiger partial charge is 0.419 e. The predicted molar refractivity (Wildman–Crippen MR) is 96.2 cm³/mol. The lowest BCUT2D eigenvalue weighted by atomic mass is 10.1. The summed E-state index contributed by atoms with van der Waals surface area (Å²) >= 11 is 0. The zero-order chi connectivity index (χ0) is 16.5. The van der Waals surface area contributed by atoms with Crippen LogP contribution in [-0.4, -0.2) is 10.7 Å². The van der Waals surface area contributed by atoms with Crippen LogP contribution in [0.2, 0.25) is 0 Å². The Bertz CT molecular complexity index is 1030. The van der Waals surface area contributed by atoms with E-state index in [1.807, 2.05) is 67.6 Å². The molecule has 3 heteroatoms. The number of fused-ring (bicyclic) bond motifs is 3. The predicted octanol–water partition coefficient (Wildman–Crippen LogP) is 5.29. The van der Waals surface area contributed by atoms with E-state index in [2.05, 4.69) is 12.1 Å². The van der Waals surface area contributed by atoms with Gasteiger partial charge in [-0.2, -0.15) is 0 Å². The average molecular weight is 315 g/mol. The number of carbonyl (C=O) groups is 1. The van der Waals surface area contributed by atoms with Crippen LogP contribution in [0.4, 0.5) is 4.79 Å². The molecule has 0 radical (unpaired) electrons. The molecule has 0 saturated carbocycles. The molecule has 0 amide bonds. The number of aryl methyl sites for hydroxylation is 1. The number of carbonyl (C=O) groups excluding carboxylic acids is 1. The monoisotopic (exact) mass is 315 g/mol. The number of nitrogens with zero attached hydrogens (tertiary/aromatic N) is 1. The highest BCUT2D eigenvalue weighted by Gasteiger charge is 2.16. The highest BCUT2D eigenvalue weighted by Crippen LogP contribution is 2.29. The zero-order valence-electron chi connectivity index (χ0n) is 13.4. The molecule has 0 saturated heterocycles. The second-order valence-electron chi connectivity index (χ2n) is 5.91. The maximum Gasteiger partial charge on any atom is 0.419 e. The van der Waals surface area contributed by atoms with E-state index in [1.165, 1.54) is 0 Å². The first-order valence-electron chi connectivity index (χ1n) is 7.95. The van der Waals surface area contributed by atoms with Gasteiger partial charge in [0.25, 0.3) is 0 Å². The maximum atomic E-state index is 12.8. The largest absolute Gasteiger partial charge is 0.444 e. The van der Waals surface area contributed by atoms with E-state index < -0.39 is 0 Å². The summed E-state index contributed by atoms with van der Waals surface area (Å²) in [7, 11) is 0. The Hall–Kier alpha value is -3.07. The summed E-state index contributed by atoms with van der Waals surface area (Å²) in [4.78, 5) is 12.8. The summed E-state index contributed by atoms with van der Waals surface area (Å²) in [5, 5.41) is 2.12. The van der Waals surface area contributed by atoms with E-state index >= 15 is 0 Å². The van der Waals surface area contributed by atoms with Gasteiger partial charge in [0.1, 0.15) is 6.61 Å². The standard InChI is InChI=1S/C21H17NO2/c1-15-11-12-18-17-9-5-6-10-19(17)22(20(18)13-15)21(23)24-14-16-7-3-2-4-8-16/h2-13H,14H2,1H3. The first kappa shape index (κ1) is 14.5. The van der Waals surface area contributed by atoms with Crippen molar-refractivity contribution in [1.29, 1.82) is 0 Å². The van der Waals surface area contributed by atoms with Gasteiger partial charge in [-0.3, -0.25) is 0 Å². The van der Waals surface area contributed by atoms with Gasteiger partial charge in [-0.15, -0.1) is 0 Å². The molecule has 1 heterocycles. The van der Waals surface area contributed by atoms with Crippen molar-refractivity contribution in [2.24, 2.45) is 0 Å². The topological polar surface area (TPSA) is 31.2 Å². The molecule has 4 aromatic rings. The van der Waals surface area contributed by atoms with Crippen LogP contribution >= 0.6 is 0 Å². The minimum absolute atomic E-state index is 0.263. The molecule has 0 aliphatic heterocycles. The molecule has 118 valence electrons. The van der Waals surface area contributed by atoms with Crippen molar-refractivity contribution in [2.75, 3.05) is 0 Å². The summed E-state index contributed by atoms with van der Waals surface area (Å²) in [6, 6.07) is 23.8. The van der Waals surface area contributed by atoms with Gasteiger partial charge in [0.15, 0.2) is 0 Å². The molecule has 0 N–H and O–H groups in total. The van der Waals surface area contributed by atoms with Gasteiger partial charge in [0.05, 0.1) is 11.0 Å². The van der Waals surface area contributed by atoms with Crippen LogP contribution in [0.1, 0.15) is 11.1 Å². The molecule has 0 fully saturated rings. The van der Waals surface area contributed by atoms with Crippen molar-refractivity contribution >= 4 is 27.9 Å². The van der Waals surface area contributed by atoms with Crippen LogP contribution in [0.15, 0.2) is 72.8 Å². The van der Waals surface area contributed by atoms with Gasteiger partial charge in [-0.05, 0) is 30.2 Å². The van der Waals surface area contributed by atoms with E-state index in [4.69, 9.17) is 4.74 Å². The van der Waals surface area contributed by atoms with Crippen LogP contribution < -0.4 is 0 Å². The van der Waals surface area contributed by atoms with Crippen molar-refractivity contribution in [1.82, 2.24) is 4.57 Å². The van der Waals surface area contributed by atoms with E-state index in [-0.39, 0.29) is 12.7 Å². The van der Waals surface area contributed by atoms with Crippen LogP contribution in [-0.2, 0) is 11.3 Å². The van der Waals surface area contributed by atoms with Gasteiger partial charge in [0, 0.05) is 10.8 Å². The molecule has 0 aliphatic carbocycles. The van der Waals surface area contributed by atoms with Crippen molar-refractivity contribution in [3.05, 3.63) is 83.9 Å². The summed E-state index contributed by atoms with van der Waals surface area (Å²) in [6.07, 6.45) is -0.351. The lowest BCUT2D eigenvalue weighted by molar-refractivity contribution is 0.143. The lowest BCUT2D eigenvalue weighted by Crippen LogP contribution is -2.13. The number of rotatable bonds is 2. The van der Waals surface area contributed by atoms with E-state index in [0.717, 1.165) is 32.9 Å². The lowest BCUT2D eigenvalue weighted by Gasteiger charge is -2.08. The third-order valence-electron chi connectivity index (χ3n) is 4.22. The molecule has 0 spiro atoms. The Morgan fingerprint density at radius 2 is 1.58 bits per heavy atom. The van der Waals surface area contributed by atoms with Crippen molar-refractivity contribution in [3.63, 3.8) is 0 Å². The van der Waals surface area contributed by atoms with Crippen LogP contribution in [0, 0.1) is 6.92 Å². The SMILES string of the molecule is Cc1ccc2c3ccccc3n(C(=O)OCc3ccccc3)c2c1. The van der Waals surface area contributed by atoms with Crippen LogP contribution in [0.3, 0.4) is 0 Å². The van der Waals surface area contributed by atoms with Gasteiger partial charge in [-0.1, -0.05) is 60.7 Å². The van der Waals surface area contributed by atoms with Crippen molar-refractivity contribution in [3.8, 4) is 0 Å². The number of hydrogen-bond acceptors (Lipinski definition) is 2. The fourth-order valence-corrected chi connectivity index (χ4v) is 3.06. The van der Waals surface area contributed by atoms with E-state index in [9.17, 15) is 4.79 Å². The second kappa shape index (κ2) is 5.85. The number of benzene rings is 3. The second-order valence-corrected chi connectivity index (χ2v) is 5.91. The van der Waals surface area contributed by atoms with Gasteiger partial charge in [-0.25, -0.2) is 9.36 Å². The normalized spacial score (nSPS) is 11.0. The fraction of sp³-hybridized carbons (Fsp3) is 0.0952. The minimum atomic E-state index is -0.351. The minimum Gasteiger partial charge on any atom is -0.444 e. The van der Waals surface area contributed by atoms with Gasteiger partial charge in [0.2, 0.25) is 0 Å². The van der Waals surface area contributed by atoms with Gasteiger partial charge < -0.3 is 4.74 Å². The number of para-hydroxylation sites is 1. The molecular formula is C21H17NO2. The Kier molecular flexibility index (Phi) is 3.54. The van der Waals surface area contributed by atoms with Crippen molar-refractivity contribution in [2.45, 2.75) is 13.5 Å². The third-order valence-corrected chi connectivity index (χ3v) is 4.22. The molecule has 1 aromatic heterocycles. The quantitative estimate of drug-likeness (QED) is 0.503. The maximum absolute atomic E-state index is 12.8. The zero-order valence-corrected chi connectivity index (χ0v) is 13.4. The molecule has 0 bridgehead atoms.